The summed E-state index contributed by atoms with van der Waals surface area (Å²) >= 11 is 0. The van der Waals surface area contributed by atoms with E-state index in [9.17, 15) is 13.6 Å². The molecule has 0 spiro atoms. The Bertz CT molecular complexity index is 662. The zero-order valence-electron chi connectivity index (χ0n) is 11.7. The maximum Gasteiger partial charge on any atom is 0.258 e. The van der Waals surface area contributed by atoms with Crippen molar-refractivity contribution < 1.29 is 23.4 Å². The van der Waals surface area contributed by atoms with Crippen molar-refractivity contribution in [2.75, 3.05) is 6.61 Å². The lowest BCUT2D eigenvalue weighted by molar-refractivity contribution is -0.123. The van der Waals surface area contributed by atoms with Crippen LogP contribution in [0.5, 0.6) is 5.75 Å². The van der Waals surface area contributed by atoms with E-state index in [0.29, 0.717) is 5.56 Å². The molecule has 22 heavy (non-hydrogen) atoms. The molecule has 0 aliphatic heterocycles. The fraction of sp³-hybridized carbons (Fsp3) is 0.188. The second-order valence-corrected chi connectivity index (χ2v) is 4.58. The van der Waals surface area contributed by atoms with E-state index in [0.717, 1.165) is 0 Å². The Balaban J connectivity index is 1.84. The van der Waals surface area contributed by atoms with Gasteiger partial charge in [0.2, 0.25) is 0 Å². The SMILES string of the molecule is O=C(COc1ccccc1F)NCc1ccc(F)c(CO)c1. The molecule has 0 aromatic heterocycles. The summed E-state index contributed by atoms with van der Waals surface area (Å²) in [6.45, 7) is -0.578. The Kier molecular flexibility index (Phi) is 5.43. The first kappa shape index (κ1) is 15.9. The van der Waals surface area contributed by atoms with Crippen LogP contribution in [0.1, 0.15) is 11.1 Å². The number of halogens is 2. The lowest BCUT2D eigenvalue weighted by atomic mass is 10.1. The van der Waals surface area contributed by atoms with Gasteiger partial charge in [0.25, 0.3) is 5.91 Å². The Labute approximate surface area is 126 Å². The van der Waals surface area contributed by atoms with Gasteiger partial charge in [-0.1, -0.05) is 18.2 Å². The second kappa shape index (κ2) is 7.51. The molecule has 0 radical (unpaired) electrons. The number of rotatable bonds is 6. The molecule has 0 saturated heterocycles. The molecule has 2 rings (SSSR count). The highest BCUT2D eigenvalue weighted by molar-refractivity contribution is 5.77. The number of para-hydroxylation sites is 1. The van der Waals surface area contributed by atoms with Crippen molar-refractivity contribution in [1.82, 2.24) is 5.32 Å². The third-order valence-corrected chi connectivity index (χ3v) is 2.97. The number of hydrogen-bond donors (Lipinski definition) is 2. The largest absolute Gasteiger partial charge is 0.481 e. The lowest BCUT2D eigenvalue weighted by Crippen LogP contribution is -2.28. The van der Waals surface area contributed by atoms with E-state index in [-0.39, 0.29) is 24.5 Å². The van der Waals surface area contributed by atoms with E-state index in [2.05, 4.69) is 5.32 Å². The average molecular weight is 307 g/mol. The molecule has 0 saturated carbocycles. The van der Waals surface area contributed by atoms with Crippen LogP contribution in [0, 0.1) is 11.6 Å². The van der Waals surface area contributed by atoms with Crippen molar-refractivity contribution in [1.29, 1.82) is 0 Å². The highest BCUT2D eigenvalue weighted by atomic mass is 19.1. The van der Waals surface area contributed by atoms with Crippen molar-refractivity contribution in [3.8, 4) is 5.75 Å². The molecule has 0 fully saturated rings. The van der Waals surface area contributed by atoms with E-state index in [1.54, 1.807) is 6.07 Å². The van der Waals surface area contributed by atoms with Crippen LogP contribution in [0.4, 0.5) is 8.78 Å². The molecule has 0 atom stereocenters. The van der Waals surface area contributed by atoms with Gasteiger partial charge in [0.15, 0.2) is 18.2 Å². The Morgan fingerprint density at radius 3 is 2.64 bits per heavy atom. The van der Waals surface area contributed by atoms with Crippen molar-refractivity contribution in [3.05, 3.63) is 65.2 Å². The van der Waals surface area contributed by atoms with Crippen molar-refractivity contribution in [2.45, 2.75) is 13.2 Å². The van der Waals surface area contributed by atoms with E-state index in [1.165, 1.54) is 36.4 Å². The standard InChI is InChI=1S/C16H15F2NO3/c17-13-6-5-11(7-12(13)9-20)8-19-16(21)10-22-15-4-2-1-3-14(15)18/h1-7,20H,8-10H2,(H,19,21). The zero-order valence-corrected chi connectivity index (χ0v) is 11.7. The van der Waals surface area contributed by atoms with Gasteiger partial charge in [-0.3, -0.25) is 4.79 Å². The first-order valence-electron chi connectivity index (χ1n) is 6.62. The number of ether oxygens (including phenoxy) is 1. The Morgan fingerprint density at radius 2 is 1.91 bits per heavy atom. The minimum atomic E-state index is -0.540. The highest BCUT2D eigenvalue weighted by Gasteiger charge is 2.07. The fourth-order valence-corrected chi connectivity index (χ4v) is 1.82. The number of nitrogens with one attached hydrogen (secondary N) is 1. The Hall–Kier alpha value is -2.47. The molecule has 6 heteroatoms. The summed E-state index contributed by atoms with van der Waals surface area (Å²) in [6.07, 6.45) is 0. The van der Waals surface area contributed by atoms with Crippen LogP contribution in [0.25, 0.3) is 0 Å². The summed E-state index contributed by atoms with van der Waals surface area (Å²) in [7, 11) is 0. The number of aliphatic hydroxyl groups is 1. The van der Waals surface area contributed by atoms with Crippen molar-refractivity contribution in [2.24, 2.45) is 0 Å². The first-order valence-corrected chi connectivity index (χ1v) is 6.62. The van der Waals surface area contributed by atoms with Gasteiger partial charge in [-0.25, -0.2) is 8.78 Å². The van der Waals surface area contributed by atoms with E-state index in [4.69, 9.17) is 9.84 Å². The van der Waals surface area contributed by atoms with E-state index >= 15 is 0 Å². The topological polar surface area (TPSA) is 58.6 Å². The molecule has 4 nitrogen and oxygen atoms in total. The summed E-state index contributed by atoms with van der Waals surface area (Å²) in [5, 5.41) is 11.5. The smallest absolute Gasteiger partial charge is 0.258 e. The lowest BCUT2D eigenvalue weighted by Gasteiger charge is -2.09. The quantitative estimate of drug-likeness (QED) is 0.860. The van der Waals surface area contributed by atoms with Gasteiger partial charge in [0, 0.05) is 12.1 Å². The van der Waals surface area contributed by atoms with Gasteiger partial charge >= 0.3 is 0 Å². The molecule has 0 aliphatic rings. The predicted octanol–water partition coefficient (Wildman–Crippen LogP) is 2.15. The summed E-state index contributed by atoms with van der Waals surface area (Å²) in [6, 6.07) is 9.99. The number of carbonyl (C=O) groups is 1. The minimum Gasteiger partial charge on any atom is -0.481 e. The van der Waals surface area contributed by atoms with Gasteiger partial charge in [0.1, 0.15) is 5.82 Å². The van der Waals surface area contributed by atoms with Gasteiger partial charge in [-0.2, -0.15) is 0 Å². The summed E-state index contributed by atoms with van der Waals surface area (Å²) in [5.41, 5.74) is 0.805. The fourth-order valence-electron chi connectivity index (χ4n) is 1.82. The first-order chi connectivity index (χ1) is 10.6. The van der Waals surface area contributed by atoms with Crippen molar-refractivity contribution in [3.63, 3.8) is 0 Å². The number of benzene rings is 2. The highest BCUT2D eigenvalue weighted by Crippen LogP contribution is 2.15. The van der Waals surface area contributed by atoms with Crippen LogP contribution in [0.3, 0.4) is 0 Å². The van der Waals surface area contributed by atoms with Crippen LogP contribution in [0.2, 0.25) is 0 Å². The van der Waals surface area contributed by atoms with Gasteiger partial charge in [0.05, 0.1) is 6.61 Å². The van der Waals surface area contributed by atoms with Crippen LogP contribution >= 0.6 is 0 Å². The molecule has 2 aromatic carbocycles. The molecule has 1 amide bonds. The monoisotopic (exact) mass is 307 g/mol. The third kappa shape index (κ3) is 4.26. The molecule has 0 bridgehead atoms. The molecular weight excluding hydrogens is 292 g/mol. The van der Waals surface area contributed by atoms with Gasteiger partial charge < -0.3 is 15.2 Å². The van der Waals surface area contributed by atoms with Crippen LogP contribution in [0.15, 0.2) is 42.5 Å². The maximum absolute atomic E-state index is 13.3. The third-order valence-electron chi connectivity index (χ3n) is 2.97. The maximum atomic E-state index is 13.3. The van der Waals surface area contributed by atoms with Crippen LogP contribution in [-0.4, -0.2) is 17.6 Å². The summed E-state index contributed by atoms with van der Waals surface area (Å²) < 4.78 is 31.6. The normalized spacial score (nSPS) is 10.3. The molecule has 2 aromatic rings. The average Bonchev–Trinajstić information content (AvgIpc) is 2.53. The van der Waals surface area contributed by atoms with Crippen LogP contribution < -0.4 is 10.1 Å². The van der Waals surface area contributed by atoms with E-state index in [1.807, 2.05) is 0 Å². The molecule has 116 valence electrons. The molecular formula is C16H15F2NO3. The molecule has 0 unspecified atom stereocenters. The Morgan fingerprint density at radius 1 is 1.14 bits per heavy atom. The number of aliphatic hydroxyl groups excluding tert-OH is 1. The number of hydrogen-bond acceptors (Lipinski definition) is 3. The van der Waals surface area contributed by atoms with Crippen LogP contribution in [-0.2, 0) is 17.9 Å². The molecule has 0 heterocycles. The second-order valence-electron chi connectivity index (χ2n) is 4.58. The minimum absolute atomic E-state index is 0.00185. The van der Waals surface area contributed by atoms with Gasteiger partial charge in [-0.05, 0) is 29.8 Å². The zero-order chi connectivity index (χ0) is 15.9. The molecule has 2 N–H and O–H groups in total. The number of amides is 1. The molecule has 0 aliphatic carbocycles. The predicted molar refractivity (Wildman–Crippen MR) is 76.1 cm³/mol. The van der Waals surface area contributed by atoms with Gasteiger partial charge in [-0.15, -0.1) is 0 Å². The summed E-state index contributed by atoms with van der Waals surface area (Å²) in [5.74, 6) is -1.47. The summed E-state index contributed by atoms with van der Waals surface area (Å²) in [4.78, 5) is 11.6. The number of carbonyl (C=O) groups excluding carboxylic acids is 1. The van der Waals surface area contributed by atoms with E-state index < -0.39 is 24.1 Å². The van der Waals surface area contributed by atoms with Crippen molar-refractivity contribution >= 4 is 5.91 Å².